The second-order valence-corrected chi connectivity index (χ2v) is 5.46. The summed E-state index contributed by atoms with van der Waals surface area (Å²) in [5.74, 6) is 0. The third kappa shape index (κ3) is 2.97. The van der Waals surface area contributed by atoms with Crippen molar-refractivity contribution in [2.24, 2.45) is 0 Å². The molecule has 0 saturated carbocycles. The van der Waals surface area contributed by atoms with Gasteiger partial charge in [0.2, 0.25) is 0 Å². The molecular formula is C14H21ClN2O. The lowest BCUT2D eigenvalue weighted by Gasteiger charge is -2.40. The number of aryl methyl sites for hydroxylation is 1. The van der Waals surface area contributed by atoms with Crippen LogP contribution in [0.2, 0.25) is 5.02 Å². The maximum absolute atomic E-state index is 9.04. The Balaban J connectivity index is 2.16. The Morgan fingerprint density at radius 2 is 2.28 bits per heavy atom. The summed E-state index contributed by atoms with van der Waals surface area (Å²) in [6.45, 7) is 6.31. The molecule has 18 heavy (non-hydrogen) atoms. The molecule has 2 rings (SSSR count). The van der Waals surface area contributed by atoms with Crippen molar-refractivity contribution in [2.45, 2.75) is 32.4 Å². The summed E-state index contributed by atoms with van der Waals surface area (Å²) >= 11 is 6.20. The molecule has 1 aromatic rings. The van der Waals surface area contributed by atoms with Crippen molar-refractivity contribution in [1.29, 1.82) is 0 Å². The van der Waals surface area contributed by atoms with E-state index in [9.17, 15) is 0 Å². The molecule has 2 unspecified atom stereocenters. The zero-order valence-electron chi connectivity index (χ0n) is 11.0. The zero-order chi connectivity index (χ0) is 13.1. The Morgan fingerprint density at radius 3 is 2.94 bits per heavy atom. The van der Waals surface area contributed by atoms with E-state index >= 15 is 0 Å². The maximum Gasteiger partial charge on any atom is 0.0455 e. The Kier molecular flexibility index (Phi) is 4.49. The van der Waals surface area contributed by atoms with Gasteiger partial charge in [0.05, 0.1) is 0 Å². The Labute approximate surface area is 114 Å². The van der Waals surface area contributed by atoms with Gasteiger partial charge in [-0.05, 0) is 38.0 Å². The van der Waals surface area contributed by atoms with Gasteiger partial charge in [0.25, 0.3) is 0 Å². The molecule has 2 N–H and O–H groups in total. The number of hydrogen-bond donors (Lipinski definition) is 2. The molecular weight excluding hydrogens is 248 g/mol. The first-order valence-corrected chi connectivity index (χ1v) is 6.86. The monoisotopic (exact) mass is 268 g/mol. The van der Waals surface area contributed by atoms with Gasteiger partial charge in [-0.25, -0.2) is 0 Å². The van der Waals surface area contributed by atoms with Gasteiger partial charge in [0.1, 0.15) is 0 Å². The average Bonchev–Trinajstić information content (AvgIpc) is 2.35. The predicted molar refractivity (Wildman–Crippen MR) is 76.5 cm³/mol. The molecule has 1 aliphatic rings. The smallest absolute Gasteiger partial charge is 0.0455 e. The van der Waals surface area contributed by atoms with Crippen LogP contribution in [0, 0.1) is 6.92 Å². The molecule has 0 amide bonds. The third-order valence-electron chi connectivity index (χ3n) is 3.62. The van der Waals surface area contributed by atoms with E-state index in [1.54, 1.807) is 0 Å². The standard InChI is InChI=1S/C14H21ClN2O/c1-10-3-4-13(7-14(10)15)17-9-12(5-6-18)16-8-11(17)2/h3-4,7,11-12,16,18H,5-6,8-9H2,1-2H3. The summed E-state index contributed by atoms with van der Waals surface area (Å²) in [7, 11) is 0. The fourth-order valence-corrected chi connectivity index (χ4v) is 2.57. The molecule has 2 atom stereocenters. The number of anilines is 1. The van der Waals surface area contributed by atoms with E-state index in [4.69, 9.17) is 16.7 Å². The van der Waals surface area contributed by atoms with Crippen molar-refractivity contribution in [3.8, 4) is 0 Å². The van der Waals surface area contributed by atoms with Gasteiger partial charge >= 0.3 is 0 Å². The first kappa shape index (κ1) is 13.7. The van der Waals surface area contributed by atoms with Gasteiger partial charge in [0.15, 0.2) is 0 Å². The number of aliphatic hydroxyl groups is 1. The third-order valence-corrected chi connectivity index (χ3v) is 4.02. The van der Waals surface area contributed by atoms with Gasteiger partial charge in [-0.3, -0.25) is 0 Å². The number of aliphatic hydroxyl groups excluding tert-OH is 1. The second-order valence-electron chi connectivity index (χ2n) is 5.05. The molecule has 1 aliphatic heterocycles. The van der Waals surface area contributed by atoms with Crippen LogP contribution in [0.1, 0.15) is 18.9 Å². The van der Waals surface area contributed by atoms with Crippen LogP contribution in [0.25, 0.3) is 0 Å². The molecule has 0 bridgehead atoms. The van der Waals surface area contributed by atoms with E-state index in [0.717, 1.165) is 30.1 Å². The van der Waals surface area contributed by atoms with Crippen LogP contribution in [0.4, 0.5) is 5.69 Å². The largest absolute Gasteiger partial charge is 0.396 e. The minimum absolute atomic E-state index is 0.231. The highest BCUT2D eigenvalue weighted by molar-refractivity contribution is 6.31. The van der Waals surface area contributed by atoms with E-state index in [1.807, 2.05) is 13.0 Å². The highest BCUT2D eigenvalue weighted by atomic mass is 35.5. The number of nitrogens with zero attached hydrogens (tertiary/aromatic N) is 1. The minimum Gasteiger partial charge on any atom is -0.396 e. The fraction of sp³-hybridized carbons (Fsp3) is 0.571. The summed E-state index contributed by atoms with van der Waals surface area (Å²) in [4.78, 5) is 2.36. The van der Waals surface area contributed by atoms with E-state index < -0.39 is 0 Å². The maximum atomic E-state index is 9.04. The first-order chi connectivity index (χ1) is 8.61. The molecule has 1 saturated heterocycles. The number of piperazine rings is 1. The molecule has 0 aliphatic carbocycles. The van der Waals surface area contributed by atoms with Crippen LogP contribution in [-0.2, 0) is 0 Å². The molecule has 3 nitrogen and oxygen atoms in total. The highest BCUT2D eigenvalue weighted by Crippen LogP contribution is 2.26. The molecule has 1 fully saturated rings. The van der Waals surface area contributed by atoms with E-state index in [1.165, 1.54) is 5.69 Å². The summed E-state index contributed by atoms with van der Waals surface area (Å²) < 4.78 is 0. The van der Waals surface area contributed by atoms with E-state index in [2.05, 4.69) is 29.3 Å². The quantitative estimate of drug-likeness (QED) is 0.882. The van der Waals surface area contributed by atoms with Crippen molar-refractivity contribution in [2.75, 3.05) is 24.6 Å². The topological polar surface area (TPSA) is 35.5 Å². The number of nitrogens with one attached hydrogen (secondary N) is 1. The van der Waals surface area contributed by atoms with E-state index in [0.29, 0.717) is 12.1 Å². The summed E-state index contributed by atoms with van der Waals surface area (Å²) in [5, 5.41) is 13.3. The van der Waals surface area contributed by atoms with Crippen molar-refractivity contribution in [1.82, 2.24) is 5.32 Å². The fourth-order valence-electron chi connectivity index (χ4n) is 2.40. The SMILES string of the molecule is Cc1ccc(N2CC(CCO)NCC2C)cc1Cl. The molecule has 0 aromatic heterocycles. The second kappa shape index (κ2) is 5.91. The summed E-state index contributed by atoms with van der Waals surface area (Å²) in [6.07, 6.45) is 0.794. The summed E-state index contributed by atoms with van der Waals surface area (Å²) in [6, 6.07) is 7.02. The van der Waals surface area contributed by atoms with Gasteiger partial charge < -0.3 is 15.3 Å². The molecule has 1 heterocycles. The van der Waals surface area contributed by atoms with Crippen LogP contribution < -0.4 is 10.2 Å². The highest BCUT2D eigenvalue weighted by Gasteiger charge is 2.24. The van der Waals surface area contributed by atoms with Crippen LogP contribution in [0.5, 0.6) is 0 Å². The molecule has 100 valence electrons. The van der Waals surface area contributed by atoms with Gasteiger partial charge in [-0.1, -0.05) is 17.7 Å². The van der Waals surface area contributed by atoms with Crippen LogP contribution >= 0.6 is 11.6 Å². The number of benzene rings is 1. The van der Waals surface area contributed by atoms with Crippen LogP contribution in [0.3, 0.4) is 0 Å². The minimum atomic E-state index is 0.231. The Bertz CT molecular complexity index is 411. The zero-order valence-corrected chi connectivity index (χ0v) is 11.7. The Morgan fingerprint density at radius 1 is 1.50 bits per heavy atom. The predicted octanol–water partition coefficient (Wildman–Crippen LogP) is 2.20. The van der Waals surface area contributed by atoms with E-state index in [-0.39, 0.29) is 6.61 Å². The van der Waals surface area contributed by atoms with Gasteiger partial charge in [-0.15, -0.1) is 0 Å². The van der Waals surface area contributed by atoms with Crippen LogP contribution in [-0.4, -0.2) is 36.9 Å². The van der Waals surface area contributed by atoms with Crippen molar-refractivity contribution >= 4 is 17.3 Å². The van der Waals surface area contributed by atoms with Gasteiger partial charge in [0, 0.05) is 42.5 Å². The Hall–Kier alpha value is -0.770. The number of rotatable bonds is 3. The molecule has 0 radical (unpaired) electrons. The lowest BCUT2D eigenvalue weighted by atomic mass is 10.1. The number of hydrogen-bond acceptors (Lipinski definition) is 3. The molecule has 0 spiro atoms. The lowest BCUT2D eigenvalue weighted by Crippen LogP contribution is -2.55. The summed E-state index contributed by atoms with van der Waals surface area (Å²) in [5.41, 5.74) is 2.28. The average molecular weight is 269 g/mol. The number of halogens is 1. The lowest BCUT2D eigenvalue weighted by molar-refractivity contribution is 0.255. The van der Waals surface area contributed by atoms with Crippen molar-refractivity contribution in [3.05, 3.63) is 28.8 Å². The molecule has 1 aromatic carbocycles. The first-order valence-electron chi connectivity index (χ1n) is 6.49. The van der Waals surface area contributed by atoms with Crippen molar-refractivity contribution < 1.29 is 5.11 Å². The van der Waals surface area contributed by atoms with Crippen LogP contribution in [0.15, 0.2) is 18.2 Å². The van der Waals surface area contributed by atoms with Crippen molar-refractivity contribution in [3.63, 3.8) is 0 Å². The molecule has 4 heteroatoms. The normalized spacial score (nSPS) is 24.3. The van der Waals surface area contributed by atoms with Gasteiger partial charge in [-0.2, -0.15) is 0 Å².